The summed E-state index contributed by atoms with van der Waals surface area (Å²) in [5.74, 6) is 2.34. The number of ether oxygens (including phenoxy) is 1. The van der Waals surface area contributed by atoms with E-state index in [1.165, 1.54) is 14.8 Å². The summed E-state index contributed by atoms with van der Waals surface area (Å²) < 4.78 is 20.0. The number of hydrogen-bond acceptors (Lipinski definition) is 6. The molecule has 0 aliphatic carbocycles. The van der Waals surface area contributed by atoms with Crippen LogP contribution < -0.4 is 4.74 Å². The summed E-state index contributed by atoms with van der Waals surface area (Å²) in [6.45, 7) is 13.3. The first kappa shape index (κ1) is 30.1. The van der Waals surface area contributed by atoms with Crippen LogP contribution in [0.3, 0.4) is 0 Å². The Morgan fingerprint density at radius 2 is 1.57 bits per heavy atom. The fourth-order valence-electron chi connectivity index (χ4n) is 7.37. The maximum absolute atomic E-state index is 7.02. The van der Waals surface area contributed by atoms with Gasteiger partial charge in [-0.3, -0.25) is 8.97 Å². The van der Waals surface area contributed by atoms with E-state index in [0.29, 0.717) is 5.71 Å². The van der Waals surface area contributed by atoms with Crippen molar-refractivity contribution in [2.75, 3.05) is 0 Å². The van der Waals surface area contributed by atoms with Gasteiger partial charge in [-0.1, -0.05) is 65.8 Å². The number of furan rings is 1. The van der Waals surface area contributed by atoms with E-state index >= 15 is 0 Å². The van der Waals surface area contributed by atoms with Crippen LogP contribution in [0, 0.1) is 0 Å². The predicted molar refractivity (Wildman–Crippen MR) is 208 cm³/mol. The molecule has 6 aromatic heterocycles. The van der Waals surface area contributed by atoms with Crippen LogP contribution >= 0.6 is 11.3 Å². The fourth-order valence-corrected chi connectivity index (χ4v) is 8.52. The number of hydrogen-bond donors (Lipinski definition) is 0. The lowest BCUT2D eigenvalue weighted by Crippen LogP contribution is -2.14. The molecule has 51 heavy (non-hydrogen) atoms. The Hall–Kier alpha value is -5.73. The molecule has 0 atom stereocenters. The summed E-state index contributed by atoms with van der Waals surface area (Å²) in [6.07, 6.45) is 1.83. The molecule has 10 aromatic rings. The van der Waals surface area contributed by atoms with Gasteiger partial charge in [0.25, 0.3) is 0 Å². The van der Waals surface area contributed by atoms with Crippen LogP contribution in [0.1, 0.15) is 52.7 Å². The standard InChI is InChI=1S/C43H35N5O2S/c1-42(2,3)25-19-24(30-23-36-38-37-33(50-40(38)45-30)14-9-15-35(37)51-36)20-27(21-25)49-34-22-26(16-17-28(34)43(4,5)6)47-39-32(13-10-18-44-39)48-31-12-8-7-11-29(31)46-41(47)48/h7-23H,1-6H3. The molecule has 0 spiro atoms. The minimum atomic E-state index is -0.181. The Bertz CT molecular complexity index is 2920. The lowest BCUT2D eigenvalue weighted by atomic mass is 9.85. The van der Waals surface area contributed by atoms with Gasteiger partial charge in [0.05, 0.1) is 33.3 Å². The number of imidazole rings is 2. The average molecular weight is 686 g/mol. The van der Waals surface area contributed by atoms with Crippen LogP contribution in [-0.4, -0.2) is 23.9 Å². The first-order chi connectivity index (χ1) is 24.5. The highest BCUT2D eigenvalue weighted by Gasteiger charge is 2.25. The second kappa shape index (κ2) is 10.4. The van der Waals surface area contributed by atoms with Crippen molar-refractivity contribution < 1.29 is 9.15 Å². The summed E-state index contributed by atoms with van der Waals surface area (Å²) in [5, 5.41) is 2.27. The number of fused-ring (bicyclic) bond motifs is 5. The maximum atomic E-state index is 7.02. The highest BCUT2D eigenvalue weighted by molar-refractivity contribution is 7.26. The number of aromatic nitrogens is 5. The molecular formula is C43H35N5O2S. The smallest absolute Gasteiger partial charge is 0.229 e. The Morgan fingerprint density at radius 1 is 0.725 bits per heavy atom. The van der Waals surface area contributed by atoms with Gasteiger partial charge in [-0.2, -0.15) is 0 Å². The van der Waals surface area contributed by atoms with Crippen molar-refractivity contribution in [3.63, 3.8) is 0 Å². The summed E-state index contributed by atoms with van der Waals surface area (Å²) in [5.41, 5.74) is 10.1. The molecule has 4 aromatic carbocycles. The van der Waals surface area contributed by atoms with Crippen LogP contribution in [-0.2, 0) is 10.8 Å². The zero-order valence-corrected chi connectivity index (χ0v) is 30.1. The highest BCUT2D eigenvalue weighted by atomic mass is 32.1. The van der Waals surface area contributed by atoms with Gasteiger partial charge < -0.3 is 9.15 Å². The number of benzene rings is 4. The normalized spacial score (nSPS) is 12.9. The summed E-state index contributed by atoms with van der Waals surface area (Å²) in [4.78, 5) is 15.0. The van der Waals surface area contributed by atoms with E-state index < -0.39 is 0 Å². The van der Waals surface area contributed by atoms with Crippen molar-refractivity contribution in [2.45, 2.75) is 52.4 Å². The molecule has 7 nitrogen and oxygen atoms in total. The highest BCUT2D eigenvalue weighted by Crippen LogP contribution is 2.45. The van der Waals surface area contributed by atoms with Gasteiger partial charge in [-0.05, 0) is 83.1 Å². The van der Waals surface area contributed by atoms with Gasteiger partial charge in [0.2, 0.25) is 11.5 Å². The van der Waals surface area contributed by atoms with Crippen LogP contribution in [0.4, 0.5) is 0 Å². The third-order valence-corrected chi connectivity index (χ3v) is 11.0. The topological polar surface area (TPSA) is 70.4 Å². The van der Waals surface area contributed by atoms with Crippen molar-refractivity contribution in [2.24, 2.45) is 0 Å². The lowest BCUT2D eigenvalue weighted by Gasteiger charge is -2.25. The number of rotatable bonds is 4. The van der Waals surface area contributed by atoms with Crippen molar-refractivity contribution in [1.29, 1.82) is 0 Å². The molecule has 6 heterocycles. The minimum Gasteiger partial charge on any atom is -0.457 e. The van der Waals surface area contributed by atoms with Gasteiger partial charge in [-0.15, -0.1) is 11.3 Å². The van der Waals surface area contributed by atoms with Gasteiger partial charge in [0.1, 0.15) is 17.1 Å². The molecule has 0 radical (unpaired) electrons. The van der Waals surface area contributed by atoms with E-state index in [4.69, 9.17) is 24.1 Å². The Morgan fingerprint density at radius 3 is 2.41 bits per heavy atom. The van der Waals surface area contributed by atoms with Gasteiger partial charge in [0, 0.05) is 38.2 Å². The molecule has 0 amide bonds. The number of nitrogens with zero attached hydrogens (tertiary/aromatic N) is 5. The SMILES string of the molecule is CC(C)(C)c1cc(Oc2cc(-n3c4ncccc4n4c5ccccc5nc34)ccc2C(C)(C)C)cc(-c2cc3sc4cccc5oc(n2)c3c54)c1. The summed E-state index contributed by atoms with van der Waals surface area (Å²) in [7, 11) is 0. The molecule has 0 aliphatic rings. The monoisotopic (exact) mass is 685 g/mol. The van der Waals surface area contributed by atoms with Crippen LogP contribution in [0.25, 0.3) is 76.4 Å². The summed E-state index contributed by atoms with van der Waals surface area (Å²) >= 11 is 1.78. The Kier molecular flexibility index (Phi) is 6.14. The zero-order valence-electron chi connectivity index (χ0n) is 29.3. The molecule has 0 saturated carbocycles. The van der Waals surface area contributed by atoms with Gasteiger partial charge in [0.15, 0.2) is 5.65 Å². The number of para-hydroxylation sites is 2. The van der Waals surface area contributed by atoms with E-state index in [0.717, 1.165) is 78.5 Å². The first-order valence-corrected chi connectivity index (χ1v) is 18.1. The number of thiophene rings is 1. The predicted octanol–water partition coefficient (Wildman–Crippen LogP) is 11.8. The molecule has 0 fully saturated rings. The molecule has 0 saturated heterocycles. The van der Waals surface area contributed by atoms with E-state index in [2.05, 4.69) is 117 Å². The lowest BCUT2D eigenvalue weighted by molar-refractivity contribution is 0.453. The molecule has 8 heteroatoms. The second-order valence-electron chi connectivity index (χ2n) is 15.5. The maximum Gasteiger partial charge on any atom is 0.229 e. The van der Waals surface area contributed by atoms with Crippen molar-refractivity contribution in [3.8, 4) is 28.4 Å². The van der Waals surface area contributed by atoms with E-state index in [1.807, 2.05) is 36.5 Å². The average Bonchev–Trinajstić information content (AvgIpc) is 3.85. The number of pyridine rings is 2. The van der Waals surface area contributed by atoms with Gasteiger partial charge >= 0.3 is 0 Å². The van der Waals surface area contributed by atoms with Crippen molar-refractivity contribution in [1.82, 2.24) is 23.9 Å². The Labute approximate surface area is 298 Å². The third kappa shape index (κ3) is 4.59. The second-order valence-corrected chi connectivity index (χ2v) is 16.5. The molecule has 250 valence electrons. The van der Waals surface area contributed by atoms with Crippen LogP contribution in [0.15, 0.2) is 108 Å². The molecule has 0 unspecified atom stereocenters. The molecule has 10 rings (SSSR count). The van der Waals surface area contributed by atoms with E-state index in [-0.39, 0.29) is 10.8 Å². The van der Waals surface area contributed by atoms with Crippen LogP contribution in [0.5, 0.6) is 11.5 Å². The zero-order chi connectivity index (χ0) is 34.8. The molecule has 0 bridgehead atoms. The largest absolute Gasteiger partial charge is 0.457 e. The van der Waals surface area contributed by atoms with E-state index in [1.54, 1.807) is 11.3 Å². The quantitative estimate of drug-likeness (QED) is 0.184. The molecule has 0 aliphatic heterocycles. The Balaban J connectivity index is 1.15. The van der Waals surface area contributed by atoms with Crippen molar-refractivity contribution in [3.05, 3.63) is 114 Å². The third-order valence-electron chi connectivity index (χ3n) is 9.90. The summed E-state index contributed by atoms with van der Waals surface area (Å²) in [6, 6.07) is 33.7. The van der Waals surface area contributed by atoms with E-state index in [9.17, 15) is 0 Å². The molecular weight excluding hydrogens is 651 g/mol. The fraction of sp³-hybridized carbons (Fsp3) is 0.186. The molecule has 0 N–H and O–H groups in total. The first-order valence-electron chi connectivity index (χ1n) is 17.3. The van der Waals surface area contributed by atoms with Gasteiger partial charge in [-0.25, -0.2) is 15.0 Å². The minimum absolute atomic E-state index is 0.130. The van der Waals surface area contributed by atoms with Crippen molar-refractivity contribution >= 4 is 70.8 Å². The van der Waals surface area contributed by atoms with Crippen LogP contribution in [0.2, 0.25) is 0 Å².